The summed E-state index contributed by atoms with van der Waals surface area (Å²) >= 11 is 5.83. The number of fused-ring (bicyclic) bond motifs is 1. The molecule has 2 aromatic rings. The Hall–Kier alpha value is -1.09. The number of para-hydroxylation sites is 1. The van der Waals surface area contributed by atoms with E-state index in [0.717, 1.165) is 30.7 Å². The Morgan fingerprint density at radius 2 is 2.25 bits per heavy atom. The maximum Gasteiger partial charge on any atom is 0.151 e. The third-order valence-corrected chi connectivity index (χ3v) is 2.90. The quantitative estimate of drug-likeness (QED) is 0.745. The molecule has 0 saturated heterocycles. The van der Waals surface area contributed by atoms with Crippen molar-refractivity contribution in [1.82, 2.24) is 9.55 Å². The molecule has 0 amide bonds. The average molecular weight is 241 g/mol. The molecule has 0 atom stereocenters. The zero-order valence-corrected chi connectivity index (χ0v) is 9.97. The zero-order chi connectivity index (χ0) is 11.5. The molecule has 0 aliphatic heterocycles. The van der Waals surface area contributed by atoms with Gasteiger partial charge in [0.05, 0.1) is 11.4 Å². The fourth-order valence-corrected chi connectivity index (χ4v) is 2.03. The maximum absolute atomic E-state index is 13.5. The Morgan fingerprint density at radius 1 is 1.44 bits per heavy atom. The van der Waals surface area contributed by atoms with Crippen molar-refractivity contribution in [3.8, 4) is 0 Å². The summed E-state index contributed by atoms with van der Waals surface area (Å²) in [5, 5.41) is 0. The number of nitrogens with zero attached hydrogens (tertiary/aromatic N) is 2. The summed E-state index contributed by atoms with van der Waals surface area (Å²) < 4.78 is 15.5. The van der Waals surface area contributed by atoms with Crippen molar-refractivity contribution < 1.29 is 4.39 Å². The second-order valence-corrected chi connectivity index (χ2v) is 4.04. The Kier molecular flexibility index (Phi) is 3.44. The molecule has 16 heavy (non-hydrogen) atoms. The van der Waals surface area contributed by atoms with Crippen LogP contribution >= 0.6 is 11.6 Å². The van der Waals surface area contributed by atoms with Gasteiger partial charge in [0, 0.05) is 6.54 Å². The molecule has 1 aromatic carbocycles. The minimum absolute atomic E-state index is 0.279. The first kappa shape index (κ1) is 11.4. The van der Waals surface area contributed by atoms with Gasteiger partial charge in [0.25, 0.3) is 0 Å². The largest absolute Gasteiger partial charge is 0.327 e. The highest BCUT2D eigenvalue weighted by Crippen LogP contribution is 2.20. The summed E-state index contributed by atoms with van der Waals surface area (Å²) in [6, 6.07) is 5.02. The predicted octanol–water partition coefficient (Wildman–Crippen LogP) is 3.71. The van der Waals surface area contributed by atoms with Crippen molar-refractivity contribution in [2.75, 3.05) is 0 Å². The molecular weight excluding hydrogens is 227 g/mol. The van der Waals surface area contributed by atoms with E-state index in [-0.39, 0.29) is 5.82 Å². The third-order valence-electron chi connectivity index (χ3n) is 2.66. The van der Waals surface area contributed by atoms with Crippen LogP contribution in [0.4, 0.5) is 4.39 Å². The number of benzene rings is 1. The Labute approximate surface area is 99.0 Å². The maximum atomic E-state index is 13.5. The van der Waals surface area contributed by atoms with Crippen molar-refractivity contribution in [2.24, 2.45) is 0 Å². The highest BCUT2D eigenvalue weighted by molar-refractivity contribution is 6.16. The van der Waals surface area contributed by atoms with Gasteiger partial charge in [-0.05, 0) is 18.6 Å². The van der Waals surface area contributed by atoms with Crippen LogP contribution in [0.5, 0.6) is 0 Å². The SMILES string of the molecule is CCCCn1c(CCl)nc2c(F)cccc21. The molecule has 0 saturated carbocycles. The standard InChI is InChI=1S/C12H14ClFN2/c1-2-3-7-16-10-6-4-5-9(14)12(10)15-11(16)8-13/h4-6H,2-3,7-8H2,1H3. The smallest absolute Gasteiger partial charge is 0.151 e. The topological polar surface area (TPSA) is 17.8 Å². The van der Waals surface area contributed by atoms with Crippen molar-refractivity contribution in [1.29, 1.82) is 0 Å². The summed E-state index contributed by atoms with van der Waals surface area (Å²) in [6.45, 7) is 2.97. The van der Waals surface area contributed by atoms with Crippen LogP contribution in [0.15, 0.2) is 18.2 Å². The van der Waals surface area contributed by atoms with Crippen LogP contribution in [0.3, 0.4) is 0 Å². The van der Waals surface area contributed by atoms with Gasteiger partial charge in [0.1, 0.15) is 11.3 Å². The van der Waals surface area contributed by atoms with Crippen LogP contribution in [-0.2, 0) is 12.4 Å². The average Bonchev–Trinajstić information content (AvgIpc) is 2.66. The van der Waals surface area contributed by atoms with Crippen molar-refractivity contribution >= 4 is 22.6 Å². The third kappa shape index (κ3) is 1.92. The molecule has 0 aliphatic rings. The van der Waals surface area contributed by atoms with Crippen LogP contribution in [0.1, 0.15) is 25.6 Å². The molecule has 0 aliphatic carbocycles. The number of unbranched alkanes of at least 4 members (excludes halogenated alkanes) is 1. The fourth-order valence-electron chi connectivity index (χ4n) is 1.83. The summed E-state index contributed by atoms with van der Waals surface area (Å²) in [5.41, 5.74) is 1.26. The molecule has 2 nitrogen and oxygen atoms in total. The van der Waals surface area contributed by atoms with Crippen LogP contribution in [0, 0.1) is 5.82 Å². The number of imidazole rings is 1. The normalized spacial score (nSPS) is 11.2. The van der Waals surface area contributed by atoms with E-state index in [1.807, 2.05) is 10.6 Å². The highest BCUT2D eigenvalue weighted by atomic mass is 35.5. The number of hydrogen-bond donors (Lipinski definition) is 0. The number of alkyl halides is 1. The minimum Gasteiger partial charge on any atom is -0.327 e. The van der Waals surface area contributed by atoms with Crippen LogP contribution < -0.4 is 0 Å². The first-order valence-electron chi connectivity index (χ1n) is 5.47. The second kappa shape index (κ2) is 4.83. The molecule has 2 rings (SSSR count). The lowest BCUT2D eigenvalue weighted by Crippen LogP contribution is -2.01. The van der Waals surface area contributed by atoms with E-state index in [1.165, 1.54) is 6.07 Å². The van der Waals surface area contributed by atoms with Crippen LogP contribution in [0.25, 0.3) is 11.0 Å². The molecular formula is C12H14ClFN2. The van der Waals surface area contributed by atoms with Crippen molar-refractivity contribution in [2.45, 2.75) is 32.2 Å². The van der Waals surface area contributed by atoms with Gasteiger partial charge >= 0.3 is 0 Å². The first-order chi connectivity index (χ1) is 7.77. The molecule has 0 bridgehead atoms. The monoisotopic (exact) mass is 240 g/mol. The molecule has 1 heterocycles. The molecule has 0 radical (unpaired) electrons. The molecule has 4 heteroatoms. The van der Waals surface area contributed by atoms with Gasteiger partial charge in [-0.2, -0.15) is 0 Å². The minimum atomic E-state index is -0.279. The molecule has 0 N–H and O–H groups in total. The summed E-state index contributed by atoms with van der Waals surface area (Å²) in [7, 11) is 0. The van der Waals surface area contributed by atoms with Gasteiger partial charge in [-0.15, -0.1) is 11.6 Å². The van der Waals surface area contributed by atoms with Crippen LogP contribution in [-0.4, -0.2) is 9.55 Å². The highest BCUT2D eigenvalue weighted by Gasteiger charge is 2.12. The Morgan fingerprint density at radius 3 is 2.94 bits per heavy atom. The van der Waals surface area contributed by atoms with E-state index in [4.69, 9.17) is 11.6 Å². The van der Waals surface area contributed by atoms with Gasteiger partial charge in [-0.25, -0.2) is 9.37 Å². The lowest BCUT2D eigenvalue weighted by Gasteiger charge is -2.05. The van der Waals surface area contributed by atoms with Crippen molar-refractivity contribution in [3.05, 3.63) is 29.8 Å². The number of aromatic nitrogens is 2. The molecule has 0 fully saturated rings. The Balaban J connectivity index is 2.54. The van der Waals surface area contributed by atoms with Gasteiger partial charge in [-0.3, -0.25) is 0 Å². The van der Waals surface area contributed by atoms with E-state index in [1.54, 1.807) is 6.07 Å². The summed E-state index contributed by atoms with van der Waals surface area (Å²) in [4.78, 5) is 4.24. The summed E-state index contributed by atoms with van der Waals surface area (Å²) in [5.74, 6) is 0.784. The first-order valence-corrected chi connectivity index (χ1v) is 6.01. The molecule has 1 aromatic heterocycles. The second-order valence-electron chi connectivity index (χ2n) is 3.77. The van der Waals surface area contributed by atoms with E-state index < -0.39 is 0 Å². The lowest BCUT2D eigenvalue weighted by molar-refractivity contribution is 0.628. The fraction of sp³-hybridized carbons (Fsp3) is 0.417. The van der Waals surface area contributed by atoms with Crippen molar-refractivity contribution in [3.63, 3.8) is 0 Å². The summed E-state index contributed by atoms with van der Waals surface area (Å²) in [6.07, 6.45) is 2.14. The van der Waals surface area contributed by atoms with E-state index in [2.05, 4.69) is 11.9 Å². The van der Waals surface area contributed by atoms with Gasteiger partial charge in [0.15, 0.2) is 5.82 Å². The molecule has 0 unspecified atom stereocenters. The van der Waals surface area contributed by atoms with Gasteiger partial charge in [-0.1, -0.05) is 19.4 Å². The Bertz CT molecular complexity index is 493. The van der Waals surface area contributed by atoms with Gasteiger partial charge < -0.3 is 4.57 Å². The lowest BCUT2D eigenvalue weighted by atomic mass is 10.3. The van der Waals surface area contributed by atoms with E-state index in [0.29, 0.717) is 11.4 Å². The number of aryl methyl sites for hydroxylation is 1. The van der Waals surface area contributed by atoms with Crippen LogP contribution in [0.2, 0.25) is 0 Å². The number of hydrogen-bond acceptors (Lipinski definition) is 1. The number of rotatable bonds is 4. The number of halogens is 2. The predicted molar refractivity (Wildman–Crippen MR) is 64.2 cm³/mol. The van der Waals surface area contributed by atoms with E-state index in [9.17, 15) is 4.39 Å². The molecule has 86 valence electrons. The van der Waals surface area contributed by atoms with E-state index >= 15 is 0 Å². The zero-order valence-electron chi connectivity index (χ0n) is 9.21. The van der Waals surface area contributed by atoms with Gasteiger partial charge in [0.2, 0.25) is 0 Å². The molecule has 0 spiro atoms.